The summed E-state index contributed by atoms with van der Waals surface area (Å²) in [6.45, 7) is 0. The monoisotopic (exact) mass is 270 g/mol. The molecule has 2 rings (SSSR count). The van der Waals surface area contributed by atoms with Gasteiger partial charge in [-0.15, -0.1) is 0 Å². The van der Waals surface area contributed by atoms with Crippen LogP contribution in [0.15, 0.2) is 36.4 Å². The van der Waals surface area contributed by atoms with Gasteiger partial charge in [-0.05, 0) is 31.0 Å². The van der Waals surface area contributed by atoms with Gasteiger partial charge in [-0.1, -0.05) is 18.2 Å². The van der Waals surface area contributed by atoms with E-state index < -0.39 is 17.8 Å². The van der Waals surface area contributed by atoms with Crippen molar-refractivity contribution in [3.63, 3.8) is 0 Å². The highest BCUT2D eigenvalue weighted by Gasteiger charge is 2.33. The number of anilines is 1. The van der Waals surface area contributed by atoms with Crippen LogP contribution in [0.4, 0.5) is 5.69 Å². The molecule has 2 atom stereocenters. The second-order valence-electron chi connectivity index (χ2n) is 4.68. The summed E-state index contributed by atoms with van der Waals surface area (Å²) < 4.78 is 0. The van der Waals surface area contributed by atoms with E-state index in [1.54, 1.807) is 30.3 Å². The Hall–Kier alpha value is -2.61. The van der Waals surface area contributed by atoms with Crippen LogP contribution < -0.4 is 5.32 Å². The topological polar surface area (TPSA) is 90.2 Å². The van der Waals surface area contributed by atoms with Gasteiger partial charge in [0.25, 0.3) is 0 Å². The molecule has 1 aromatic rings. The van der Waals surface area contributed by atoms with Crippen LogP contribution in [-0.2, 0) is 9.59 Å². The third-order valence-electron chi connectivity index (χ3n) is 3.35. The number of nitrogens with zero attached hydrogens (tertiary/aromatic N) is 1. The van der Waals surface area contributed by atoms with Crippen molar-refractivity contribution in [2.45, 2.75) is 12.8 Å². The lowest BCUT2D eigenvalue weighted by atomic mass is 9.82. The Kier molecular flexibility index (Phi) is 4.16. The van der Waals surface area contributed by atoms with E-state index in [9.17, 15) is 9.59 Å². The Labute approximate surface area is 116 Å². The molecule has 102 valence electrons. The van der Waals surface area contributed by atoms with Crippen molar-refractivity contribution in [1.82, 2.24) is 0 Å². The van der Waals surface area contributed by atoms with Crippen LogP contribution in [0.3, 0.4) is 0 Å². The first-order chi connectivity index (χ1) is 9.61. The zero-order valence-electron chi connectivity index (χ0n) is 10.7. The summed E-state index contributed by atoms with van der Waals surface area (Å²) >= 11 is 0. The Morgan fingerprint density at radius 3 is 2.60 bits per heavy atom. The van der Waals surface area contributed by atoms with E-state index >= 15 is 0 Å². The summed E-state index contributed by atoms with van der Waals surface area (Å²) in [5.74, 6) is -2.56. The molecule has 1 amide bonds. The Bertz CT molecular complexity index is 601. The molecule has 2 N–H and O–H groups in total. The molecule has 1 aromatic carbocycles. The number of hydrogen-bond acceptors (Lipinski definition) is 3. The maximum Gasteiger partial charge on any atom is 0.307 e. The van der Waals surface area contributed by atoms with E-state index in [1.807, 2.05) is 12.1 Å². The quantitative estimate of drug-likeness (QED) is 0.823. The van der Waals surface area contributed by atoms with Gasteiger partial charge < -0.3 is 10.4 Å². The lowest BCUT2D eigenvalue weighted by molar-refractivity contribution is -0.146. The highest BCUT2D eigenvalue weighted by Crippen LogP contribution is 2.27. The molecule has 5 nitrogen and oxygen atoms in total. The smallest absolute Gasteiger partial charge is 0.307 e. The molecule has 0 fully saturated rings. The fourth-order valence-electron chi connectivity index (χ4n) is 2.28. The van der Waals surface area contributed by atoms with Gasteiger partial charge in [0.2, 0.25) is 5.91 Å². The maximum atomic E-state index is 12.2. The number of allylic oxidation sites excluding steroid dienone is 2. The van der Waals surface area contributed by atoms with Crippen molar-refractivity contribution < 1.29 is 14.7 Å². The number of carboxylic acids is 1. The molecule has 0 aromatic heterocycles. The molecule has 20 heavy (non-hydrogen) atoms. The van der Waals surface area contributed by atoms with Gasteiger partial charge in [0.15, 0.2) is 0 Å². The van der Waals surface area contributed by atoms with Crippen molar-refractivity contribution in [2.75, 3.05) is 5.32 Å². The predicted octanol–water partition coefficient (Wildman–Crippen LogP) is 2.16. The minimum absolute atomic E-state index is 0.322. The number of rotatable bonds is 3. The first-order valence-electron chi connectivity index (χ1n) is 6.30. The molecule has 0 bridgehead atoms. The molecular weight excluding hydrogens is 256 g/mol. The van der Waals surface area contributed by atoms with Gasteiger partial charge in [0.1, 0.15) is 0 Å². The highest BCUT2D eigenvalue weighted by molar-refractivity contribution is 5.95. The number of hydrogen-bond donors (Lipinski definition) is 2. The molecule has 0 saturated carbocycles. The number of carboxylic acid groups (broad SMARTS) is 1. The zero-order valence-corrected chi connectivity index (χ0v) is 10.7. The van der Waals surface area contributed by atoms with Crippen LogP contribution in [0.25, 0.3) is 0 Å². The van der Waals surface area contributed by atoms with Crippen molar-refractivity contribution in [3.8, 4) is 6.07 Å². The molecule has 1 aliphatic carbocycles. The number of benzene rings is 1. The Morgan fingerprint density at radius 1 is 1.25 bits per heavy atom. The summed E-state index contributed by atoms with van der Waals surface area (Å²) in [5.41, 5.74) is 0.953. The first-order valence-corrected chi connectivity index (χ1v) is 6.30. The number of nitrogens with one attached hydrogen (secondary N) is 1. The van der Waals surface area contributed by atoms with Crippen molar-refractivity contribution >= 4 is 17.6 Å². The van der Waals surface area contributed by atoms with E-state index in [2.05, 4.69) is 5.32 Å². The fourth-order valence-corrected chi connectivity index (χ4v) is 2.28. The Balaban J connectivity index is 2.12. The Morgan fingerprint density at radius 2 is 1.95 bits per heavy atom. The number of amides is 1. The SMILES string of the molecule is N#Cc1cccc(NC(=O)C2CC=CCC2C(=O)O)c1. The lowest BCUT2D eigenvalue weighted by Gasteiger charge is -2.24. The van der Waals surface area contributed by atoms with Crippen LogP contribution >= 0.6 is 0 Å². The van der Waals surface area contributed by atoms with Crippen LogP contribution in [-0.4, -0.2) is 17.0 Å². The molecular formula is C15H14N2O3. The number of nitriles is 1. The molecule has 5 heteroatoms. The molecule has 0 radical (unpaired) electrons. The van der Waals surface area contributed by atoms with Crippen LogP contribution in [0.1, 0.15) is 18.4 Å². The maximum absolute atomic E-state index is 12.2. The van der Waals surface area contributed by atoms with Gasteiger partial charge in [0, 0.05) is 5.69 Å². The predicted molar refractivity (Wildman–Crippen MR) is 72.8 cm³/mol. The van der Waals surface area contributed by atoms with Crippen LogP contribution in [0, 0.1) is 23.2 Å². The normalized spacial score (nSPS) is 20.9. The summed E-state index contributed by atoms with van der Waals surface area (Å²) in [5, 5.41) is 20.6. The van der Waals surface area contributed by atoms with Crippen molar-refractivity contribution in [2.24, 2.45) is 11.8 Å². The molecule has 0 heterocycles. The second-order valence-corrected chi connectivity index (χ2v) is 4.68. The van der Waals surface area contributed by atoms with Crippen molar-refractivity contribution in [1.29, 1.82) is 5.26 Å². The third kappa shape index (κ3) is 3.04. The largest absolute Gasteiger partial charge is 0.481 e. The summed E-state index contributed by atoms with van der Waals surface area (Å²) in [7, 11) is 0. The van der Waals surface area contributed by atoms with Gasteiger partial charge in [-0.25, -0.2) is 0 Å². The second kappa shape index (κ2) is 6.02. The summed E-state index contributed by atoms with van der Waals surface area (Å²) in [6.07, 6.45) is 4.40. The number of aliphatic carboxylic acids is 1. The summed E-state index contributed by atoms with van der Waals surface area (Å²) in [6, 6.07) is 8.53. The van der Waals surface area contributed by atoms with Gasteiger partial charge in [0.05, 0.1) is 23.5 Å². The standard InChI is InChI=1S/C15H14N2O3/c16-9-10-4-3-5-11(8-10)17-14(18)12-6-1-2-7-13(12)15(19)20/h1-5,8,12-13H,6-7H2,(H,17,18)(H,19,20). The summed E-state index contributed by atoms with van der Waals surface area (Å²) in [4.78, 5) is 23.4. The van der Waals surface area contributed by atoms with Gasteiger partial charge in [-0.3, -0.25) is 9.59 Å². The van der Waals surface area contributed by atoms with E-state index in [0.717, 1.165) is 0 Å². The van der Waals surface area contributed by atoms with Crippen LogP contribution in [0.2, 0.25) is 0 Å². The number of carbonyl (C=O) groups is 2. The molecule has 0 aliphatic heterocycles. The third-order valence-corrected chi connectivity index (χ3v) is 3.35. The minimum Gasteiger partial charge on any atom is -0.481 e. The minimum atomic E-state index is -0.958. The van der Waals surface area contributed by atoms with E-state index in [1.165, 1.54) is 0 Å². The fraction of sp³-hybridized carbons (Fsp3) is 0.267. The molecule has 1 aliphatic rings. The average Bonchev–Trinajstić information content (AvgIpc) is 2.47. The van der Waals surface area contributed by atoms with Crippen molar-refractivity contribution in [3.05, 3.63) is 42.0 Å². The first kappa shape index (κ1) is 13.8. The lowest BCUT2D eigenvalue weighted by Crippen LogP contribution is -2.34. The van der Waals surface area contributed by atoms with E-state index in [4.69, 9.17) is 10.4 Å². The van der Waals surface area contributed by atoms with Gasteiger partial charge >= 0.3 is 5.97 Å². The molecule has 0 saturated heterocycles. The van der Waals surface area contributed by atoms with E-state index in [0.29, 0.717) is 24.1 Å². The van der Waals surface area contributed by atoms with Gasteiger partial charge in [-0.2, -0.15) is 5.26 Å². The van der Waals surface area contributed by atoms with Crippen LogP contribution in [0.5, 0.6) is 0 Å². The highest BCUT2D eigenvalue weighted by atomic mass is 16.4. The zero-order chi connectivity index (χ0) is 14.5. The number of carbonyl (C=O) groups excluding carboxylic acids is 1. The van der Waals surface area contributed by atoms with E-state index in [-0.39, 0.29) is 5.91 Å². The average molecular weight is 270 g/mol. The molecule has 2 unspecified atom stereocenters. The molecule has 0 spiro atoms.